The van der Waals surface area contributed by atoms with Crippen molar-refractivity contribution < 1.29 is 58.4 Å². The van der Waals surface area contributed by atoms with Gasteiger partial charge < -0.3 is 58.5 Å². The standard InChI is InChI=1S/C48H77NO12/c1-26-23-49(24-29-21-45(4,5)22-29)15-12-40(56-26)60-43-27(2)58-42(20-37(43)51)61-44-28(3)57-41(19-36(44)50)59-32-10-13-46(6)31(17-32)8-9-34-35(46)18-38(52)47(7)33(11-14-48(34,47)54)30-16-39(53)55-25-30/h16,26-29,31-38,40-44,50-52,54H,8-15,17-25H2,1-7H3/t26?,27-,28-,31-,32+,33-,34-,35+,36+,37+,38-,40?,41-,42+,43-,44+,46+,47+,48+/m1/s1. The Morgan fingerprint density at radius 3 is 2.08 bits per heavy atom. The van der Waals surface area contributed by atoms with Crippen molar-refractivity contribution in [3.63, 3.8) is 0 Å². The molecule has 13 heteroatoms. The van der Waals surface area contributed by atoms with Crippen LogP contribution in [0.1, 0.15) is 132 Å². The molecular formula is C48H77NO12. The maximum atomic E-state index is 12.6. The molecule has 13 nitrogen and oxygen atoms in total. The summed E-state index contributed by atoms with van der Waals surface area (Å²) >= 11 is 0. The van der Waals surface area contributed by atoms with Crippen molar-refractivity contribution in [1.29, 1.82) is 0 Å². The first kappa shape index (κ1) is 44.9. The third kappa shape index (κ3) is 8.33. The van der Waals surface area contributed by atoms with Crippen molar-refractivity contribution in [2.24, 2.45) is 45.8 Å². The molecule has 5 saturated carbocycles. The van der Waals surface area contributed by atoms with Gasteiger partial charge in [0.05, 0.1) is 48.3 Å². The van der Waals surface area contributed by atoms with Crippen molar-refractivity contribution in [1.82, 2.24) is 4.90 Å². The minimum Gasteiger partial charge on any atom is -0.458 e. The number of nitrogens with zero attached hydrogens (tertiary/aromatic N) is 1. The van der Waals surface area contributed by atoms with Crippen LogP contribution in [0.4, 0.5) is 0 Å². The smallest absolute Gasteiger partial charge is 0.331 e. The van der Waals surface area contributed by atoms with Crippen LogP contribution in [0.15, 0.2) is 11.6 Å². The third-order valence-electron chi connectivity index (χ3n) is 18.1. The van der Waals surface area contributed by atoms with Crippen molar-refractivity contribution in [3.05, 3.63) is 11.6 Å². The zero-order valence-corrected chi connectivity index (χ0v) is 37.9. The van der Waals surface area contributed by atoms with Gasteiger partial charge in [0.25, 0.3) is 0 Å². The average molecular weight is 860 g/mol. The van der Waals surface area contributed by atoms with Crippen LogP contribution in [0, 0.1) is 45.8 Å². The van der Waals surface area contributed by atoms with Crippen LogP contribution in [0.5, 0.6) is 0 Å². The van der Waals surface area contributed by atoms with E-state index in [-0.39, 0.29) is 60.8 Å². The Hall–Kier alpha value is -1.23. The van der Waals surface area contributed by atoms with Gasteiger partial charge in [-0.15, -0.1) is 0 Å². The van der Waals surface area contributed by atoms with Crippen LogP contribution in [0.3, 0.4) is 0 Å². The van der Waals surface area contributed by atoms with Gasteiger partial charge in [-0.3, -0.25) is 0 Å². The number of aliphatic hydroxyl groups is 4. The number of hydrogen-bond acceptors (Lipinski definition) is 13. The van der Waals surface area contributed by atoms with E-state index >= 15 is 0 Å². The fourth-order valence-electron chi connectivity index (χ4n) is 15.0. The van der Waals surface area contributed by atoms with Crippen LogP contribution in [-0.4, -0.2) is 137 Å². The summed E-state index contributed by atoms with van der Waals surface area (Å²) in [5, 5.41) is 47.3. The summed E-state index contributed by atoms with van der Waals surface area (Å²) in [4.78, 5) is 14.5. The highest BCUT2D eigenvalue weighted by molar-refractivity contribution is 5.85. The predicted octanol–water partition coefficient (Wildman–Crippen LogP) is 5.23. The lowest BCUT2D eigenvalue weighted by Crippen LogP contribution is -2.67. The summed E-state index contributed by atoms with van der Waals surface area (Å²) < 4.78 is 43.6. The fraction of sp³-hybridized carbons (Fsp3) is 0.938. The maximum absolute atomic E-state index is 12.6. The van der Waals surface area contributed by atoms with Gasteiger partial charge in [-0.1, -0.05) is 27.7 Å². The number of fused-ring (bicyclic) bond motifs is 5. The van der Waals surface area contributed by atoms with Gasteiger partial charge in [0.2, 0.25) is 0 Å². The molecule has 346 valence electrons. The Bertz CT molecular complexity index is 1600. The topological polar surface area (TPSA) is 166 Å². The highest BCUT2D eigenvalue weighted by Gasteiger charge is 2.71. The van der Waals surface area contributed by atoms with Crippen molar-refractivity contribution in [2.45, 2.75) is 211 Å². The molecule has 4 heterocycles. The number of esters is 1. The van der Waals surface area contributed by atoms with Gasteiger partial charge in [0.15, 0.2) is 18.9 Å². The number of hydrogen-bond donors (Lipinski definition) is 4. The lowest BCUT2D eigenvalue weighted by atomic mass is 9.42. The second-order valence-corrected chi connectivity index (χ2v) is 22.6. The van der Waals surface area contributed by atoms with Gasteiger partial charge in [-0.05, 0) is 131 Å². The Balaban J connectivity index is 0.744. The molecule has 19 atom stereocenters. The Morgan fingerprint density at radius 1 is 0.770 bits per heavy atom. The molecule has 61 heavy (non-hydrogen) atoms. The first-order valence-electron chi connectivity index (χ1n) is 24.1. The molecular weight excluding hydrogens is 783 g/mol. The summed E-state index contributed by atoms with van der Waals surface area (Å²) in [5.74, 6) is 1.03. The van der Waals surface area contributed by atoms with Crippen LogP contribution in [0.2, 0.25) is 0 Å². The number of ether oxygens (including phenoxy) is 7. The van der Waals surface area contributed by atoms with Crippen LogP contribution < -0.4 is 0 Å². The minimum atomic E-state index is -0.999. The van der Waals surface area contributed by atoms with Gasteiger partial charge in [0, 0.05) is 50.4 Å². The molecule has 4 N–H and O–H groups in total. The van der Waals surface area contributed by atoms with Crippen molar-refractivity contribution in [3.8, 4) is 0 Å². The molecule has 0 bridgehead atoms. The van der Waals surface area contributed by atoms with E-state index in [2.05, 4.69) is 39.5 Å². The first-order valence-corrected chi connectivity index (χ1v) is 24.1. The van der Waals surface area contributed by atoms with Crippen LogP contribution >= 0.6 is 0 Å². The molecule has 3 saturated heterocycles. The Labute approximate surface area is 363 Å². The van der Waals surface area contributed by atoms with E-state index in [1.165, 1.54) is 12.8 Å². The van der Waals surface area contributed by atoms with E-state index < -0.39 is 72.6 Å². The molecule has 0 radical (unpaired) electrons. The normalized spacial score (nSPS) is 51.7. The third-order valence-corrected chi connectivity index (χ3v) is 18.1. The summed E-state index contributed by atoms with van der Waals surface area (Å²) in [5.41, 5.74) is -0.372. The monoisotopic (exact) mass is 860 g/mol. The number of aliphatic hydroxyl groups excluding tert-OH is 3. The zero-order chi connectivity index (χ0) is 43.2. The van der Waals surface area contributed by atoms with E-state index in [1.807, 2.05) is 13.8 Å². The molecule has 4 aliphatic heterocycles. The summed E-state index contributed by atoms with van der Waals surface area (Å²) in [6.45, 7) is 18.1. The van der Waals surface area contributed by atoms with Gasteiger partial charge >= 0.3 is 5.97 Å². The molecule has 0 aromatic rings. The molecule has 0 aromatic heterocycles. The molecule has 9 rings (SSSR count). The second kappa shape index (κ2) is 16.9. The van der Waals surface area contributed by atoms with E-state index in [0.717, 1.165) is 76.1 Å². The van der Waals surface area contributed by atoms with Crippen LogP contribution in [0.25, 0.3) is 0 Å². The van der Waals surface area contributed by atoms with Gasteiger partial charge in [0.1, 0.15) is 18.8 Å². The summed E-state index contributed by atoms with van der Waals surface area (Å²) in [7, 11) is 0. The number of cyclic esters (lactones) is 1. The molecule has 0 spiro atoms. The first-order chi connectivity index (χ1) is 28.8. The molecule has 5 aliphatic carbocycles. The van der Waals surface area contributed by atoms with Crippen molar-refractivity contribution >= 4 is 5.97 Å². The second-order valence-electron chi connectivity index (χ2n) is 22.6. The maximum Gasteiger partial charge on any atom is 0.331 e. The summed E-state index contributed by atoms with van der Waals surface area (Å²) in [6, 6.07) is 0. The Kier molecular flexibility index (Phi) is 12.4. The molecule has 0 amide bonds. The average Bonchev–Trinajstić information content (AvgIpc) is 3.67. The lowest BCUT2D eigenvalue weighted by Gasteiger charge is -2.65. The van der Waals surface area contributed by atoms with E-state index in [4.69, 9.17) is 33.2 Å². The SMILES string of the molecule is CC1CN(CC2CC(C)(C)C2)CCC(O[C@H]2[C@@H](O)C[C@H](O[C@@H]3[C@@H](O)C[C@@H](O[C@H]4CC[C@@]5(C)[C@H](CC[C@@H]6[C@@H]5C[C@@H](O)[C@]5(C)[C@@H](C7=CC(=O)OC7)CC[C@]65O)C4)O[C@@H]3C)O[C@@H]2C)O1. The lowest BCUT2D eigenvalue weighted by molar-refractivity contribution is -0.329. The number of rotatable bonds is 9. The zero-order valence-electron chi connectivity index (χ0n) is 37.9. The minimum absolute atomic E-state index is 0.0191. The van der Waals surface area contributed by atoms with Crippen molar-refractivity contribution in [2.75, 3.05) is 26.2 Å². The molecule has 0 aromatic carbocycles. The molecule has 9 aliphatic rings. The Morgan fingerprint density at radius 2 is 1.44 bits per heavy atom. The highest BCUT2D eigenvalue weighted by atomic mass is 16.7. The summed E-state index contributed by atoms with van der Waals surface area (Å²) in [6.07, 6.45) is 5.78. The van der Waals surface area contributed by atoms with Gasteiger partial charge in [-0.25, -0.2) is 4.79 Å². The molecule has 2 unspecified atom stereocenters. The predicted molar refractivity (Wildman–Crippen MR) is 224 cm³/mol. The van der Waals surface area contributed by atoms with E-state index in [9.17, 15) is 25.2 Å². The largest absolute Gasteiger partial charge is 0.458 e. The van der Waals surface area contributed by atoms with E-state index in [0.29, 0.717) is 24.2 Å². The van der Waals surface area contributed by atoms with Gasteiger partial charge in [-0.2, -0.15) is 0 Å². The van der Waals surface area contributed by atoms with Crippen LogP contribution in [-0.2, 0) is 38.0 Å². The molecule has 8 fully saturated rings. The highest BCUT2D eigenvalue weighted by Crippen LogP contribution is 2.70. The van der Waals surface area contributed by atoms with E-state index in [1.54, 1.807) is 6.08 Å². The number of carbonyl (C=O) groups is 1. The quantitative estimate of drug-likeness (QED) is 0.176. The fourth-order valence-corrected chi connectivity index (χ4v) is 15.0. The number of carbonyl (C=O) groups excluding carboxylic acids is 1.